The van der Waals surface area contributed by atoms with Crippen LogP contribution in [-0.4, -0.2) is 59.6 Å². The number of nitrogens with zero attached hydrogens (tertiary/aromatic N) is 3. The minimum atomic E-state index is -0.495. The molecule has 1 aliphatic heterocycles. The summed E-state index contributed by atoms with van der Waals surface area (Å²) in [4.78, 5) is 24.1. The molecule has 194 valence electrons. The first-order valence-corrected chi connectivity index (χ1v) is 13.0. The quantitative estimate of drug-likeness (QED) is 0.391. The van der Waals surface area contributed by atoms with Gasteiger partial charge in [0.25, 0.3) is 0 Å². The lowest BCUT2D eigenvalue weighted by Crippen LogP contribution is -2.39. The molecule has 2 heterocycles. The number of nitrogens with one attached hydrogen (secondary N) is 1. The molecule has 0 radical (unpaired) electrons. The van der Waals surface area contributed by atoms with Crippen molar-refractivity contribution in [2.75, 3.05) is 32.1 Å². The number of rotatable bonds is 8. The Kier molecular flexibility index (Phi) is 7.98. The fourth-order valence-corrected chi connectivity index (χ4v) is 5.43. The summed E-state index contributed by atoms with van der Waals surface area (Å²) in [6.07, 6.45) is 10.1. The van der Waals surface area contributed by atoms with Gasteiger partial charge in [-0.3, -0.25) is 9.69 Å². The van der Waals surface area contributed by atoms with E-state index in [1.54, 1.807) is 25.3 Å². The molecule has 7 nitrogen and oxygen atoms in total. The molecule has 2 atom stereocenters. The van der Waals surface area contributed by atoms with Gasteiger partial charge in [-0.25, -0.2) is 14.4 Å². The number of ketones is 1. The number of allylic oxidation sites excluding steroid dienone is 1. The molecular weight excluding hydrogens is 495 g/mol. The van der Waals surface area contributed by atoms with E-state index in [4.69, 9.17) is 21.1 Å². The van der Waals surface area contributed by atoms with Gasteiger partial charge in [-0.15, -0.1) is 0 Å². The first-order chi connectivity index (χ1) is 18.0. The zero-order chi connectivity index (χ0) is 25.8. The highest BCUT2D eigenvalue weighted by Crippen LogP contribution is 2.32. The van der Waals surface area contributed by atoms with Gasteiger partial charge in [-0.2, -0.15) is 0 Å². The second-order valence-corrected chi connectivity index (χ2v) is 9.87. The first kappa shape index (κ1) is 25.6. The van der Waals surface area contributed by atoms with E-state index in [0.717, 1.165) is 44.5 Å². The molecule has 3 aromatic rings. The zero-order valence-electron chi connectivity index (χ0n) is 20.8. The Labute approximate surface area is 220 Å². The molecule has 1 aliphatic carbocycles. The van der Waals surface area contributed by atoms with E-state index in [1.807, 2.05) is 12.1 Å². The Morgan fingerprint density at radius 1 is 1.27 bits per heavy atom. The monoisotopic (exact) mass is 524 g/mol. The van der Waals surface area contributed by atoms with Gasteiger partial charge in [-0.1, -0.05) is 17.7 Å². The van der Waals surface area contributed by atoms with Crippen LogP contribution in [0, 0.1) is 5.82 Å². The third-order valence-electron chi connectivity index (χ3n) is 7.04. The van der Waals surface area contributed by atoms with Crippen molar-refractivity contribution in [2.24, 2.45) is 0 Å². The smallest absolute Gasteiger partial charge is 0.159 e. The summed E-state index contributed by atoms with van der Waals surface area (Å²) < 4.78 is 25.1. The van der Waals surface area contributed by atoms with Crippen molar-refractivity contribution in [1.29, 1.82) is 0 Å². The van der Waals surface area contributed by atoms with E-state index in [1.165, 1.54) is 24.9 Å². The number of halogens is 2. The summed E-state index contributed by atoms with van der Waals surface area (Å²) in [6, 6.07) is 8.47. The Hall–Kier alpha value is -3.07. The molecule has 37 heavy (non-hydrogen) atoms. The molecule has 9 heteroatoms. The van der Waals surface area contributed by atoms with Crippen LogP contribution in [0.5, 0.6) is 5.75 Å². The number of hydrogen-bond acceptors (Lipinski definition) is 7. The van der Waals surface area contributed by atoms with Crippen LogP contribution in [0.15, 0.2) is 48.8 Å². The molecule has 2 aromatic carbocycles. The second-order valence-electron chi connectivity index (χ2n) is 9.46. The molecular formula is C28H30ClFN4O3. The fourth-order valence-electron chi connectivity index (χ4n) is 5.25. The molecule has 1 saturated heterocycles. The standard InChI is InChI=1S/C28H30ClFN4O3/c1-36-27-16-24-21(28(32-17-31-24)33-19-8-9-23(30)22(29)15-19)14-18(27)13-20(35)5-3-10-34-11-4-12-37-26-7-2-6-25(26)34/h3,5,8-9,14-17,25-26H,2,4,6-7,10-13H2,1H3,(H,31,32,33)/b5-3+. The van der Waals surface area contributed by atoms with Gasteiger partial charge in [0.15, 0.2) is 5.78 Å². The van der Waals surface area contributed by atoms with Crippen LogP contribution < -0.4 is 10.1 Å². The summed E-state index contributed by atoms with van der Waals surface area (Å²) in [5.41, 5.74) is 1.98. The number of fused-ring (bicyclic) bond motifs is 2. The Morgan fingerprint density at radius 3 is 3.00 bits per heavy atom. The van der Waals surface area contributed by atoms with Crippen molar-refractivity contribution in [1.82, 2.24) is 14.9 Å². The molecule has 0 spiro atoms. The number of hydrogen-bond donors (Lipinski definition) is 1. The van der Waals surface area contributed by atoms with E-state index in [0.29, 0.717) is 40.3 Å². The van der Waals surface area contributed by atoms with E-state index in [-0.39, 0.29) is 17.2 Å². The molecule has 2 aliphatic rings. The molecule has 1 saturated carbocycles. The van der Waals surface area contributed by atoms with Gasteiger partial charge < -0.3 is 14.8 Å². The van der Waals surface area contributed by atoms with E-state index in [9.17, 15) is 9.18 Å². The van der Waals surface area contributed by atoms with Crippen molar-refractivity contribution in [2.45, 2.75) is 44.2 Å². The maximum absolute atomic E-state index is 13.6. The van der Waals surface area contributed by atoms with Crippen molar-refractivity contribution >= 4 is 39.8 Å². The molecule has 2 unspecified atom stereocenters. The minimum Gasteiger partial charge on any atom is -0.496 e. The first-order valence-electron chi connectivity index (χ1n) is 12.6. The van der Waals surface area contributed by atoms with E-state index in [2.05, 4.69) is 20.2 Å². The number of carbonyl (C=O) groups is 1. The molecule has 1 N–H and O–H groups in total. The van der Waals surface area contributed by atoms with Crippen molar-refractivity contribution in [3.8, 4) is 5.75 Å². The highest BCUT2D eigenvalue weighted by atomic mass is 35.5. The Bertz CT molecular complexity index is 1320. The average molecular weight is 525 g/mol. The number of ether oxygens (including phenoxy) is 2. The summed E-state index contributed by atoms with van der Waals surface area (Å²) in [6.45, 7) is 2.55. The highest BCUT2D eigenvalue weighted by Gasteiger charge is 2.33. The van der Waals surface area contributed by atoms with Gasteiger partial charge in [0, 0.05) is 54.9 Å². The highest BCUT2D eigenvalue weighted by molar-refractivity contribution is 6.31. The van der Waals surface area contributed by atoms with Crippen LogP contribution in [0.2, 0.25) is 5.02 Å². The number of carbonyl (C=O) groups excluding carboxylic acids is 1. The summed E-state index contributed by atoms with van der Waals surface area (Å²) >= 11 is 5.93. The zero-order valence-corrected chi connectivity index (χ0v) is 21.5. The van der Waals surface area contributed by atoms with Crippen LogP contribution in [0.3, 0.4) is 0 Å². The van der Waals surface area contributed by atoms with Crippen molar-refractivity contribution in [3.63, 3.8) is 0 Å². The van der Waals surface area contributed by atoms with Gasteiger partial charge in [0.05, 0.1) is 23.8 Å². The fraction of sp³-hybridized carbons (Fsp3) is 0.393. The van der Waals surface area contributed by atoms with E-state index < -0.39 is 5.82 Å². The largest absolute Gasteiger partial charge is 0.496 e. The molecule has 5 rings (SSSR count). The lowest BCUT2D eigenvalue weighted by atomic mass is 10.0. The van der Waals surface area contributed by atoms with Gasteiger partial charge in [0.2, 0.25) is 0 Å². The topological polar surface area (TPSA) is 76.6 Å². The lowest BCUT2D eigenvalue weighted by molar-refractivity contribution is -0.114. The molecule has 2 fully saturated rings. The van der Waals surface area contributed by atoms with Gasteiger partial charge >= 0.3 is 0 Å². The number of methoxy groups -OCH3 is 1. The molecule has 0 amide bonds. The third-order valence-corrected chi connectivity index (χ3v) is 7.33. The Morgan fingerprint density at radius 2 is 2.16 bits per heavy atom. The SMILES string of the molecule is COc1cc2ncnc(Nc3ccc(F)c(Cl)c3)c2cc1CC(=O)/C=C/CN1CCCOC2CCCC21. The van der Waals surface area contributed by atoms with E-state index >= 15 is 0 Å². The van der Waals surface area contributed by atoms with Crippen molar-refractivity contribution < 1.29 is 18.7 Å². The maximum Gasteiger partial charge on any atom is 0.159 e. The Balaban J connectivity index is 1.32. The maximum atomic E-state index is 13.6. The summed E-state index contributed by atoms with van der Waals surface area (Å²) in [7, 11) is 1.57. The number of benzene rings is 2. The van der Waals surface area contributed by atoms with Crippen LogP contribution >= 0.6 is 11.6 Å². The van der Waals surface area contributed by atoms with Crippen LogP contribution in [-0.2, 0) is 16.0 Å². The molecule has 1 aromatic heterocycles. The predicted octanol–water partition coefficient (Wildman–Crippen LogP) is 5.49. The predicted molar refractivity (Wildman–Crippen MR) is 142 cm³/mol. The second kappa shape index (κ2) is 11.5. The minimum absolute atomic E-state index is 0.0108. The summed E-state index contributed by atoms with van der Waals surface area (Å²) in [5, 5.41) is 3.90. The molecule has 0 bridgehead atoms. The van der Waals surface area contributed by atoms with Crippen molar-refractivity contribution in [3.05, 3.63) is 65.2 Å². The normalized spacial score (nSPS) is 20.2. The number of aromatic nitrogens is 2. The van der Waals surface area contributed by atoms with Gasteiger partial charge in [0.1, 0.15) is 23.7 Å². The lowest BCUT2D eigenvalue weighted by Gasteiger charge is -2.28. The average Bonchev–Trinajstić information content (AvgIpc) is 3.27. The summed E-state index contributed by atoms with van der Waals surface area (Å²) in [5.74, 6) is 0.602. The van der Waals surface area contributed by atoms with Crippen LogP contribution in [0.4, 0.5) is 15.9 Å². The third kappa shape index (κ3) is 5.92. The van der Waals surface area contributed by atoms with Gasteiger partial charge in [-0.05, 0) is 56.0 Å². The van der Waals surface area contributed by atoms with Crippen LogP contribution in [0.1, 0.15) is 31.2 Å². The van der Waals surface area contributed by atoms with Crippen LogP contribution in [0.25, 0.3) is 10.9 Å². The number of anilines is 2.